The number of nitrogens with one attached hydrogen (secondary N) is 1. The number of furan rings is 1. The smallest absolute Gasteiger partial charge is 0.342 e. The second-order valence-corrected chi connectivity index (χ2v) is 3.80. The van der Waals surface area contributed by atoms with Gasteiger partial charge in [0, 0.05) is 12.8 Å². The quantitative estimate of drug-likeness (QED) is 0.625. The summed E-state index contributed by atoms with van der Waals surface area (Å²) in [5.74, 6) is 0.486. The Kier molecular flexibility index (Phi) is 1.50. The molecule has 0 aliphatic carbocycles. The molecule has 1 aromatic rings. The highest BCUT2D eigenvalue weighted by atomic mass is 16.6. The Balaban J connectivity index is 2.07. The fourth-order valence-corrected chi connectivity index (χ4v) is 2.26. The van der Waals surface area contributed by atoms with Crippen LogP contribution in [-0.2, 0) is 10.3 Å². The lowest BCUT2D eigenvalue weighted by Gasteiger charge is -2.31. The van der Waals surface area contributed by atoms with E-state index in [4.69, 9.17) is 9.15 Å². The number of carbonyl (C=O) groups excluding carboxylic acids is 1. The molecule has 1 fully saturated rings. The van der Waals surface area contributed by atoms with Crippen LogP contribution in [0.1, 0.15) is 29.0 Å². The van der Waals surface area contributed by atoms with E-state index in [9.17, 15) is 4.79 Å². The number of carbonyl (C=O) groups is 1. The van der Waals surface area contributed by atoms with Gasteiger partial charge in [0.2, 0.25) is 0 Å². The van der Waals surface area contributed by atoms with E-state index in [1.54, 1.807) is 12.3 Å². The normalized spacial score (nSPS) is 23.6. The van der Waals surface area contributed by atoms with Gasteiger partial charge in [-0.2, -0.15) is 0 Å². The lowest BCUT2D eigenvalue weighted by Crippen LogP contribution is -2.39. The van der Waals surface area contributed by atoms with E-state index in [0.717, 1.165) is 31.7 Å². The summed E-state index contributed by atoms with van der Waals surface area (Å²) >= 11 is 0. The maximum absolute atomic E-state index is 11.5. The highest BCUT2D eigenvalue weighted by Crippen LogP contribution is 2.43. The van der Waals surface area contributed by atoms with Gasteiger partial charge in [0.15, 0.2) is 11.4 Å². The van der Waals surface area contributed by atoms with Crippen LogP contribution >= 0.6 is 0 Å². The number of rotatable bonds is 0. The van der Waals surface area contributed by atoms with Crippen LogP contribution in [0.2, 0.25) is 0 Å². The molecular weight excluding hydrogens is 182 g/mol. The third-order valence-electron chi connectivity index (χ3n) is 3.00. The number of piperidine rings is 1. The third kappa shape index (κ3) is 0.889. The Morgan fingerprint density at radius 2 is 2.14 bits per heavy atom. The summed E-state index contributed by atoms with van der Waals surface area (Å²) in [6.07, 6.45) is 3.17. The van der Waals surface area contributed by atoms with E-state index in [0.29, 0.717) is 5.56 Å². The lowest BCUT2D eigenvalue weighted by molar-refractivity contribution is -0.0344. The van der Waals surface area contributed by atoms with Crippen molar-refractivity contribution in [2.24, 2.45) is 0 Å². The van der Waals surface area contributed by atoms with Gasteiger partial charge in [-0.05, 0) is 19.2 Å². The minimum atomic E-state index is -0.471. The Labute approximate surface area is 81.2 Å². The summed E-state index contributed by atoms with van der Waals surface area (Å²) in [6, 6.07) is 1.69. The number of ether oxygens (including phenoxy) is 1. The Morgan fingerprint density at radius 3 is 2.93 bits per heavy atom. The first-order chi connectivity index (χ1) is 6.82. The molecule has 1 N–H and O–H groups in total. The molecule has 4 nitrogen and oxygen atoms in total. The van der Waals surface area contributed by atoms with Crippen molar-refractivity contribution in [3.8, 4) is 0 Å². The zero-order valence-corrected chi connectivity index (χ0v) is 7.71. The van der Waals surface area contributed by atoms with Gasteiger partial charge in [0.05, 0.1) is 6.26 Å². The summed E-state index contributed by atoms with van der Waals surface area (Å²) in [6.45, 7) is 1.74. The second-order valence-electron chi connectivity index (χ2n) is 3.80. The zero-order valence-electron chi connectivity index (χ0n) is 7.71. The highest BCUT2D eigenvalue weighted by Gasteiger charge is 2.49. The van der Waals surface area contributed by atoms with Crippen LogP contribution in [0.4, 0.5) is 0 Å². The molecule has 0 amide bonds. The fraction of sp³-hybridized carbons (Fsp3) is 0.500. The van der Waals surface area contributed by atoms with Gasteiger partial charge in [-0.25, -0.2) is 4.79 Å². The molecule has 0 radical (unpaired) electrons. The first-order valence-corrected chi connectivity index (χ1v) is 4.84. The lowest BCUT2D eigenvalue weighted by atomic mass is 9.90. The summed E-state index contributed by atoms with van der Waals surface area (Å²) in [5.41, 5.74) is 0.133. The zero-order chi connectivity index (χ0) is 9.60. The van der Waals surface area contributed by atoms with E-state index in [2.05, 4.69) is 5.32 Å². The van der Waals surface area contributed by atoms with Crippen molar-refractivity contribution < 1.29 is 13.9 Å². The topological polar surface area (TPSA) is 51.5 Å². The maximum atomic E-state index is 11.5. The largest absolute Gasteiger partial charge is 0.464 e. The summed E-state index contributed by atoms with van der Waals surface area (Å²) in [5, 5.41) is 3.24. The Bertz CT molecular complexity index is 376. The molecule has 4 heteroatoms. The van der Waals surface area contributed by atoms with Crippen molar-refractivity contribution in [1.82, 2.24) is 5.32 Å². The van der Waals surface area contributed by atoms with Gasteiger partial charge in [-0.1, -0.05) is 0 Å². The molecule has 2 aliphatic rings. The van der Waals surface area contributed by atoms with Crippen LogP contribution in [0.15, 0.2) is 16.7 Å². The van der Waals surface area contributed by atoms with Gasteiger partial charge in [0.1, 0.15) is 5.56 Å². The van der Waals surface area contributed by atoms with Gasteiger partial charge in [-0.3, -0.25) is 0 Å². The van der Waals surface area contributed by atoms with Crippen molar-refractivity contribution in [1.29, 1.82) is 0 Å². The molecule has 0 saturated carbocycles. The predicted octanol–water partition coefficient (Wildman–Crippen LogP) is 1.03. The van der Waals surface area contributed by atoms with E-state index >= 15 is 0 Å². The summed E-state index contributed by atoms with van der Waals surface area (Å²) in [4.78, 5) is 11.5. The van der Waals surface area contributed by atoms with Gasteiger partial charge >= 0.3 is 5.97 Å². The molecule has 14 heavy (non-hydrogen) atoms. The maximum Gasteiger partial charge on any atom is 0.342 e. The van der Waals surface area contributed by atoms with Gasteiger partial charge < -0.3 is 14.5 Å². The Morgan fingerprint density at radius 1 is 1.36 bits per heavy atom. The van der Waals surface area contributed by atoms with Crippen molar-refractivity contribution >= 4 is 5.97 Å². The standard InChI is InChI=1S/C10H11NO3/c12-9-7-1-6-13-8(7)10(14-9)2-4-11-5-3-10/h1,6,11H,2-5H2. The minimum absolute atomic E-state index is 0.240. The molecule has 0 atom stereocenters. The van der Waals surface area contributed by atoms with E-state index < -0.39 is 5.60 Å². The number of hydrogen-bond acceptors (Lipinski definition) is 4. The summed E-state index contributed by atoms with van der Waals surface area (Å²) in [7, 11) is 0. The van der Waals surface area contributed by atoms with Crippen molar-refractivity contribution in [3.05, 3.63) is 23.7 Å². The second kappa shape index (κ2) is 2.60. The number of hydrogen-bond donors (Lipinski definition) is 1. The monoisotopic (exact) mass is 193 g/mol. The molecule has 1 spiro atoms. The van der Waals surface area contributed by atoms with Crippen molar-refractivity contribution in [2.75, 3.05) is 13.1 Å². The van der Waals surface area contributed by atoms with E-state index in [-0.39, 0.29) is 5.97 Å². The highest BCUT2D eigenvalue weighted by molar-refractivity contribution is 5.93. The molecular formula is C10H11NO3. The predicted molar refractivity (Wildman–Crippen MR) is 47.9 cm³/mol. The molecule has 0 bridgehead atoms. The molecule has 0 unspecified atom stereocenters. The fourth-order valence-electron chi connectivity index (χ4n) is 2.26. The minimum Gasteiger partial charge on any atom is -0.464 e. The first kappa shape index (κ1) is 8.05. The van der Waals surface area contributed by atoms with Crippen molar-refractivity contribution in [2.45, 2.75) is 18.4 Å². The molecule has 3 rings (SSSR count). The Hall–Kier alpha value is -1.29. The molecule has 3 heterocycles. The van der Waals surface area contributed by atoms with Gasteiger partial charge in [-0.15, -0.1) is 0 Å². The van der Waals surface area contributed by atoms with Crippen LogP contribution in [0.25, 0.3) is 0 Å². The number of esters is 1. The SMILES string of the molecule is O=C1OC2(CCNCC2)c2occc21. The van der Waals surface area contributed by atoms with Crippen LogP contribution in [-0.4, -0.2) is 19.1 Å². The summed E-state index contributed by atoms with van der Waals surface area (Å²) < 4.78 is 10.8. The third-order valence-corrected chi connectivity index (χ3v) is 3.00. The molecule has 2 aliphatic heterocycles. The number of fused-ring (bicyclic) bond motifs is 2. The molecule has 0 aromatic carbocycles. The molecule has 74 valence electrons. The average Bonchev–Trinajstić information content (AvgIpc) is 2.74. The first-order valence-electron chi connectivity index (χ1n) is 4.84. The van der Waals surface area contributed by atoms with E-state index in [1.807, 2.05) is 0 Å². The van der Waals surface area contributed by atoms with Gasteiger partial charge in [0.25, 0.3) is 0 Å². The van der Waals surface area contributed by atoms with Crippen LogP contribution < -0.4 is 5.32 Å². The molecule has 1 aromatic heterocycles. The molecule has 1 saturated heterocycles. The van der Waals surface area contributed by atoms with Crippen LogP contribution in [0, 0.1) is 0 Å². The average molecular weight is 193 g/mol. The van der Waals surface area contributed by atoms with Crippen LogP contribution in [0.5, 0.6) is 0 Å². The van der Waals surface area contributed by atoms with E-state index in [1.165, 1.54) is 0 Å². The van der Waals surface area contributed by atoms with Crippen LogP contribution in [0.3, 0.4) is 0 Å². The van der Waals surface area contributed by atoms with Crippen molar-refractivity contribution in [3.63, 3.8) is 0 Å².